The Hall–Kier alpha value is -2.24. The van der Waals surface area contributed by atoms with E-state index in [1.807, 2.05) is 18.2 Å². The Bertz CT molecular complexity index is 602. The molecular formula is C15H19N5O. The summed E-state index contributed by atoms with van der Waals surface area (Å²) in [6.07, 6.45) is 4.51. The highest BCUT2D eigenvalue weighted by Crippen LogP contribution is 2.24. The summed E-state index contributed by atoms with van der Waals surface area (Å²) < 4.78 is 0. The van der Waals surface area contributed by atoms with Crippen molar-refractivity contribution in [1.82, 2.24) is 25.9 Å². The Morgan fingerprint density at radius 2 is 2.10 bits per heavy atom. The minimum Gasteiger partial charge on any atom is -0.349 e. The van der Waals surface area contributed by atoms with Crippen LogP contribution in [-0.2, 0) is 0 Å². The first-order valence-electron chi connectivity index (χ1n) is 7.37. The van der Waals surface area contributed by atoms with Crippen molar-refractivity contribution in [3.8, 4) is 11.4 Å². The summed E-state index contributed by atoms with van der Waals surface area (Å²) in [5, 5.41) is 16.9. The molecule has 1 aromatic heterocycles. The molecule has 0 atom stereocenters. The normalized spacial score (nSPS) is 22.0. The topological polar surface area (TPSA) is 83.6 Å². The molecule has 1 heterocycles. The molecule has 1 aromatic carbocycles. The zero-order chi connectivity index (χ0) is 14.7. The highest BCUT2D eigenvalue weighted by molar-refractivity contribution is 5.95. The van der Waals surface area contributed by atoms with E-state index in [1.54, 1.807) is 6.07 Å². The summed E-state index contributed by atoms with van der Waals surface area (Å²) in [7, 11) is 0. The van der Waals surface area contributed by atoms with E-state index < -0.39 is 0 Å². The van der Waals surface area contributed by atoms with E-state index >= 15 is 0 Å². The molecule has 3 rings (SSSR count). The van der Waals surface area contributed by atoms with Crippen molar-refractivity contribution in [2.45, 2.75) is 38.6 Å². The van der Waals surface area contributed by atoms with Crippen LogP contribution in [0.5, 0.6) is 0 Å². The van der Waals surface area contributed by atoms with Crippen LogP contribution in [0.25, 0.3) is 11.4 Å². The molecule has 1 aliphatic rings. The molecule has 1 saturated carbocycles. The van der Waals surface area contributed by atoms with Crippen molar-refractivity contribution in [3.05, 3.63) is 29.8 Å². The van der Waals surface area contributed by atoms with E-state index in [9.17, 15) is 4.79 Å². The number of carbonyl (C=O) groups excluding carboxylic acids is 1. The monoisotopic (exact) mass is 285 g/mol. The van der Waals surface area contributed by atoms with Crippen LogP contribution in [0.1, 0.15) is 43.0 Å². The molecule has 0 saturated heterocycles. The second-order valence-electron chi connectivity index (χ2n) is 5.75. The number of carbonyl (C=O) groups is 1. The van der Waals surface area contributed by atoms with Gasteiger partial charge in [0.1, 0.15) is 0 Å². The average Bonchev–Trinajstić information content (AvgIpc) is 3.04. The molecule has 21 heavy (non-hydrogen) atoms. The standard InChI is InChI=1S/C15H19N5O/c1-10-5-7-13(8-6-10)16-15(21)12-4-2-3-11(9-12)14-17-19-20-18-14/h2-4,9-10,13H,5-8H2,1H3,(H,16,21)(H,17,18,19,20). The van der Waals surface area contributed by atoms with Gasteiger partial charge in [-0.15, -0.1) is 10.2 Å². The number of H-pyrrole nitrogens is 1. The van der Waals surface area contributed by atoms with Gasteiger partial charge in [0.25, 0.3) is 5.91 Å². The molecule has 0 radical (unpaired) electrons. The third-order valence-corrected chi connectivity index (χ3v) is 4.08. The smallest absolute Gasteiger partial charge is 0.251 e. The lowest BCUT2D eigenvalue weighted by atomic mass is 9.87. The number of rotatable bonds is 3. The lowest BCUT2D eigenvalue weighted by Gasteiger charge is -2.26. The van der Waals surface area contributed by atoms with Crippen molar-refractivity contribution in [1.29, 1.82) is 0 Å². The fraction of sp³-hybridized carbons (Fsp3) is 0.467. The summed E-state index contributed by atoms with van der Waals surface area (Å²) in [6.45, 7) is 2.27. The summed E-state index contributed by atoms with van der Waals surface area (Å²) in [5.74, 6) is 1.25. The Labute approximate surface area is 123 Å². The predicted octanol–water partition coefficient (Wildman–Crippen LogP) is 2.18. The number of aromatic amines is 1. The van der Waals surface area contributed by atoms with Crippen LogP contribution >= 0.6 is 0 Å². The first kappa shape index (κ1) is 13.7. The van der Waals surface area contributed by atoms with Crippen molar-refractivity contribution >= 4 is 5.91 Å². The molecule has 0 bridgehead atoms. The number of aromatic nitrogens is 4. The zero-order valence-corrected chi connectivity index (χ0v) is 12.0. The molecule has 0 unspecified atom stereocenters. The van der Waals surface area contributed by atoms with Crippen LogP contribution in [0.15, 0.2) is 24.3 Å². The molecule has 2 aromatic rings. The summed E-state index contributed by atoms with van der Waals surface area (Å²) in [5.41, 5.74) is 1.42. The van der Waals surface area contributed by atoms with E-state index in [1.165, 1.54) is 12.8 Å². The lowest BCUT2D eigenvalue weighted by molar-refractivity contribution is 0.0923. The number of amides is 1. The number of nitrogens with one attached hydrogen (secondary N) is 2. The number of hydrogen-bond donors (Lipinski definition) is 2. The van der Waals surface area contributed by atoms with Crippen LogP contribution in [0.4, 0.5) is 0 Å². The molecule has 0 spiro atoms. The fourth-order valence-electron chi connectivity index (χ4n) is 2.76. The second kappa shape index (κ2) is 6.03. The van der Waals surface area contributed by atoms with Gasteiger partial charge < -0.3 is 5.32 Å². The predicted molar refractivity (Wildman–Crippen MR) is 78.5 cm³/mol. The van der Waals surface area contributed by atoms with Crippen LogP contribution in [0, 0.1) is 5.92 Å². The van der Waals surface area contributed by atoms with E-state index in [0.29, 0.717) is 17.4 Å². The second-order valence-corrected chi connectivity index (χ2v) is 5.75. The maximum absolute atomic E-state index is 12.3. The molecule has 110 valence electrons. The number of tetrazole rings is 1. The number of hydrogen-bond acceptors (Lipinski definition) is 4. The Morgan fingerprint density at radius 3 is 2.81 bits per heavy atom. The van der Waals surface area contributed by atoms with E-state index in [2.05, 4.69) is 32.9 Å². The Kier molecular flexibility index (Phi) is 3.94. The van der Waals surface area contributed by atoms with Gasteiger partial charge in [0.15, 0.2) is 0 Å². The maximum Gasteiger partial charge on any atom is 0.251 e. The quantitative estimate of drug-likeness (QED) is 0.905. The van der Waals surface area contributed by atoms with E-state index in [4.69, 9.17) is 0 Å². The van der Waals surface area contributed by atoms with Gasteiger partial charge in [-0.05, 0) is 48.9 Å². The summed E-state index contributed by atoms with van der Waals surface area (Å²) in [4.78, 5) is 12.3. The Balaban J connectivity index is 1.69. The van der Waals surface area contributed by atoms with Crippen LogP contribution in [-0.4, -0.2) is 32.6 Å². The number of nitrogens with zero attached hydrogens (tertiary/aromatic N) is 3. The first-order valence-corrected chi connectivity index (χ1v) is 7.37. The lowest BCUT2D eigenvalue weighted by Crippen LogP contribution is -2.37. The molecule has 1 fully saturated rings. The van der Waals surface area contributed by atoms with Crippen LogP contribution in [0.3, 0.4) is 0 Å². The van der Waals surface area contributed by atoms with E-state index in [-0.39, 0.29) is 5.91 Å². The fourth-order valence-corrected chi connectivity index (χ4v) is 2.76. The van der Waals surface area contributed by atoms with Gasteiger partial charge in [-0.25, -0.2) is 0 Å². The molecular weight excluding hydrogens is 266 g/mol. The zero-order valence-electron chi connectivity index (χ0n) is 12.0. The molecule has 2 N–H and O–H groups in total. The van der Waals surface area contributed by atoms with Gasteiger partial charge in [0, 0.05) is 17.2 Å². The van der Waals surface area contributed by atoms with Gasteiger partial charge in [-0.2, -0.15) is 5.21 Å². The Morgan fingerprint density at radius 1 is 1.29 bits per heavy atom. The average molecular weight is 285 g/mol. The van der Waals surface area contributed by atoms with Gasteiger partial charge in [0.2, 0.25) is 5.82 Å². The first-order chi connectivity index (χ1) is 10.2. The van der Waals surface area contributed by atoms with Crippen molar-refractivity contribution < 1.29 is 4.79 Å². The molecule has 6 nitrogen and oxygen atoms in total. The minimum atomic E-state index is -0.0279. The van der Waals surface area contributed by atoms with E-state index in [0.717, 1.165) is 24.3 Å². The molecule has 0 aliphatic heterocycles. The van der Waals surface area contributed by atoms with Gasteiger partial charge in [0.05, 0.1) is 0 Å². The van der Waals surface area contributed by atoms with Gasteiger partial charge >= 0.3 is 0 Å². The van der Waals surface area contributed by atoms with Gasteiger partial charge in [-0.1, -0.05) is 19.1 Å². The molecule has 1 amide bonds. The highest BCUT2D eigenvalue weighted by Gasteiger charge is 2.20. The van der Waals surface area contributed by atoms with Crippen molar-refractivity contribution in [2.75, 3.05) is 0 Å². The molecule has 1 aliphatic carbocycles. The van der Waals surface area contributed by atoms with Crippen molar-refractivity contribution in [2.24, 2.45) is 5.92 Å². The molecule has 6 heteroatoms. The third-order valence-electron chi connectivity index (χ3n) is 4.08. The maximum atomic E-state index is 12.3. The SMILES string of the molecule is CC1CCC(NC(=O)c2cccc(-c3nn[nH]n3)c2)CC1. The number of benzene rings is 1. The summed E-state index contributed by atoms with van der Waals surface area (Å²) >= 11 is 0. The highest BCUT2D eigenvalue weighted by atomic mass is 16.1. The largest absolute Gasteiger partial charge is 0.349 e. The van der Waals surface area contributed by atoms with Crippen molar-refractivity contribution in [3.63, 3.8) is 0 Å². The van der Waals surface area contributed by atoms with Gasteiger partial charge in [-0.3, -0.25) is 4.79 Å². The summed E-state index contributed by atoms with van der Waals surface area (Å²) in [6, 6.07) is 7.60. The third kappa shape index (κ3) is 3.26. The van der Waals surface area contributed by atoms with Crippen LogP contribution in [0.2, 0.25) is 0 Å². The van der Waals surface area contributed by atoms with Crippen LogP contribution < -0.4 is 5.32 Å². The minimum absolute atomic E-state index is 0.0279.